The first-order valence-corrected chi connectivity index (χ1v) is 9.92. The second kappa shape index (κ2) is 6.73. The monoisotopic (exact) mass is 413 g/mol. The lowest BCUT2D eigenvalue weighted by atomic mass is 9.96. The Morgan fingerprint density at radius 1 is 0.964 bits per heavy atom. The lowest BCUT2D eigenvalue weighted by Gasteiger charge is -2.10. The van der Waals surface area contributed by atoms with Gasteiger partial charge in [0.2, 0.25) is 5.76 Å². The summed E-state index contributed by atoms with van der Waals surface area (Å²) in [5.41, 5.74) is 1.24. The molecule has 28 heavy (non-hydrogen) atoms. The molecule has 0 amide bonds. The van der Waals surface area contributed by atoms with Gasteiger partial charge in [-0.15, -0.1) is 0 Å². The lowest BCUT2D eigenvalue weighted by molar-refractivity contribution is -0.154. The average molecular weight is 413 g/mol. The minimum atomic E-state index is -4.87. The molecule has 0 saturated heterocycles. The Kier molecular flexibility index (Phi) is 4.82. The van der Waals surface area contributed by atoms with Gasteiger partial charge in [-0.3, -0.25) is 0 Å². The molecule has 0 bridgehead atoms. The van der Waals surface area contributed by atoms with Crippen LogP contribution in [0.3, 0.4) is 0 Å². The summed E-state index contributed by atoms with van der Waals surface area (Å²) in [5.74, 6) is -2.53. The number of rotatable bonds is 3. The number of aromatic nitrogens is 1. The normalized spacial score (nSPS) is 12.4. The van der Waals surface area contributed by atoms with Gasteiger partial charge in [-0.25, -0.2) is 12.8 Å². The van der Waals surface area contributed by atoms with E-state index in [0.717, 1.165) is 35.6 Å². The molecule has 4 nitrogen and oxygen atoms in total. The minimum absolute atomic E-state index is 0.106. The Balaban J connectivity index is 2.30. The Bertz CT molecular complexity index is 1140. The standard InChI is InChI=1S/C19H15F4NO3S/c1-10-6-11(2)8-13(7-10)17-16(18(27-24-17)19(21,22)23)12-4-5-15(14(20)9-12)28(3,25)26/h4-9H,1-3H3. The van der Waals surface area contributed by atoms with Crippen LogP contribution in [0.2, 0.25) is 0 Å². The number of hydrogen-bond donors (Lipinski definition) is 0. The molecule has 0 spiro atoms. The Labute approximate surface area is 158 Å². The van der Waals surface area contributed by atoms with Crippen molar-refractivity contribution in [2.75, 3.05) is 6.26 Å². The molecule has 0 unspecified atom stereocenters. The van der Waals surface area contributed by atoms with Crippen LogP contribution in [0.25, 0.3) is 22.4 Å². The third-order valence-corrected chi connectivity index (χ3v) is 5.19. The van der Waals surface area contributed by atoms with Crippen LogP contribution in [-0.2, 0) is 16.0 Å². The van der Waals surface area contributed by atoms with Gasteiger partial charge in [0.1, 0.15) is 16.4 Å². The number of nitrogens with zero attached hydrogens (tertiary/aromatic N) is 1. The highest BCUT2D eigenvalue weighted by atomic mass is 32.2. The van der Waals surface area contributed by atoms with E-state index >= 15 is 0 Å². The zero-order valence-electron chi connectivity index (χ0n) is 15.1. The summed E-state index contributed by atoms with van der Waals surface area (Å²) in [6, 6.07) is 7.89. The van der Waals surface area contributed by atoms with E-state index < -0.39 is 38.0 Å². The van der Waals surface area contributed by atoms with Crippen molar-refractivity contribution in [2.24, 2.45) is 0 Å². The highest BCUT2D eigenvalue weighted by molar-refractivity contribution is 7.90. The average Bonchev–Trinajstić information content (AvgIpc) is 2.97. The summed E-state index contributed by atoms with van der Waals surface area (Å²) in [7, 11) is -3.87. The highest BCUT2D eigenvalue weighted by Crippen LogP contribution is 2.43. The summed E-state index contributed by atoms with van der Waals surface area (Å²) >= 11 is 0. The maximum Gasteiger partial charge on any atom is 0.453 e. The van der Waals surface area contributed by atoms with Crippen molar-refractivity contribution in [3.63, 3.8) is 0 Å². The van der Waals surface area contributed by atoms with Crippen LogP contribution >= 0.6 is 0 Å². The van der Waals surface area contributed by atoms with Gasteiger partial charge in [-0.05, 0) is 43.7 Å². The summed E-state index contributed by atoms with van der Waals surface area (Å²) < 4.78 is 82.5. The Morgan fingerprint density at radius 2 is 1.57 bits per heavy atom. The molecule has 0 aliphatic heterocycles. The summed E-state index contributed by atoms with van der Waals surface area (Å²) in [6.45, 7) is 3.56. The maximum atomic E-state index is 14.3. The molecule has 1 heterocycles. The van der Waals surface area contributed by atoms with Crippen molar-refractivity contribution in [3.8, 4) is 22.4 Å². The van der Waals surface area contributed by atoms with Gasteiger partial charge in [0.25, 0.3) is 0 Å². The number of halogens is 4. The zero-order chi connectivity index (χ0) is 20.9. The van der Waals surface area contributed by atoms with E-state index in [9.17, 15) is 26.0 Å². The van der Waals surface area contributed by atoms with E-state index in [1.165, 1.54) is 0 Å². The molecule has 2 aromatic carbocycles. The van der Waals surface area contributed by atoms with E-state index in [0.29, 0.717) is 5.56 Å². The quantitative estimate of drug-likeness (QED) is 0.555. The Morgan fingerprint density at radius 3 is 2.07 bits per heavy atom. The van der Waals surface area contributed by atoms with Crippen molar-refractivity contribution in [2.45, 2.75) is 24.9 Å². The molecule has 3 aromatic rings. The summed E-state index contributed by atoms with van der Waals surface area (Å²) in [4.78, 5) is -0.603. The van der Waals surface area contributed by atoms with Gasteiger partial charge in [-0.2, -0.15) is 13.2 Å². The molecule has 1 aromatic heterocycles. The van der Waals surface area contributed by atoms with E-state index in [1.807, 2.05) is 6.07 Å². The van der Waals surface area contributed by atoms with Crippen LogP contribution < -0.4 is 0 Å². The van der Waals surface area contributed by atoms with Crippen molar-refractivity contribution in [3.05, 3.63) is 59.1 Å². The molecule has 3 rings (SSSR count). The number of sulfone groups is 1. The van der Waals surface area contributed by atoms with E-state index in [4.69, 9.17) is 0 Å². The molecule has 0 radical (unpaired) electrons. The van der Waals surface area contributed by atoms with Crippen molar-refractivity contribution >= 4 is 9.84 Å². The first-order valence-electron chi connectivity index (χ1n) is 8.03. The molecule has 0 saturated carbocycles. The number of hydrogen-bond acceptors (Lipinski definition) is 4. The molecule has 0 atom stereocenters. The lowest BCUT2D eigenvalue weighted by Crippen LogP contribution is -2.06. The minimum Gasteiger partial charge on any atom is -0.350 e. The second-order valence-corrected chi connectivity index (χ2v) is 8.51. The summed E-state index contributed by atoms with van der Waals surface area (Å²) in [5, 5.41) is 3.58. The Hall–Kier alpha value is -2.68. The topological polar surface area (TPSA) is 60.2 Å². The van der Waals surface area contributed by atoms with Crippen molar-refractivity contribution in [1.29, 1.82) is 0 Å². The van der Waals surface area contributed by atoms with Crippen LogP contribution in [0.4, 0.5) is 17.6 Å². The molecule has 0 aliphatic rings. The van der Waals surface area contributed by atoms with E-state index in [2.05, 4.69) is 9.68 Å². The van der Waals surface area contributed by atoms with Crippen LogP contribution in [-0.4, -0.2) is 19.8 Å². The third-order valence-electron chi connectivity index (χ3n) is 4.06. The predicted molar refractivity (Wildman–Crippen MR) is 94.9 cm³/mol. The van der Waals surface area contributed by atoms with E-state index in [-0.39, 0.29) is 11.3 Å². The summed E-state index contributed by atoms with van der Waals surface area (Å²) in [6.07, 6.45) is -4.06. The fraction of sp³-hybridized carbons (Fsp3) is 0.211. The molecule has 148 valence electrons. The van der Waals surface area contributed by atoms with Crippen LogP contribution in [0.5, 0.6) is 0 Å². The van der Waals surface area contributed by atoms with Crippen LogP contribution in [0.15, 0.2) is 45.8 Å². The molecule has 9 heteroatoms. The first-order chi connectivity index (χ1) is 12.9. The smallest absolute Gasteiger partial charge is 0.350 e. The highest BCUT2D eigenvalue weighted by Gasteiger charge is 2.41. The molecular formula is C19H15F4NO3S. The van der Waals surface area contributed by atoms with Gasteiger partial charge in [-0.1, -0.05) is 28.4 Å². The number of benzene rings is 2. The SMILES string of the molecule is Cc1cc(C)cc(-c2noc(C(F)(F)F)c2-c2ccc(S(C)(=O)=O)c(F)c2)c1. The fourth-order valence-electron chi connectivity index (χ4n) is 3.02. The van der Waals surface area contributed by atoms with Gasteiger partial charge in [0.15, 0.2) is 9.84 Å². The predicted octanol–water partition coefficient (Wildman–Crippen LogP) is 5.19. The molecule has 0 N–H and O–H groups in total. The number of alkyl halides is 3. The largest absolute Gasteiger partial charge is 0.453 e. The van der Waals surface area contributed by atoms with Gasteiger partial charge in [0.05, 0.1) is 5.56 Å². The second-order valence-electron chi connectivity index (χ2n) is 6.53. The van der Waals surface area contributed by atoms with Crippen molar-refractivity contribution < 1.29 is 30.5 Å². The van der Waals surface area contributed by atoms with Gasteiger partial charge >= 0.3 is 6.18 Å². The van der Waals surface area contributed by atoms with Crippen molar-refractivity contribution in [1.82, 2.24) is 5.16 Å². The molecule has 0 aliphatic carbocycles. The zero-order valence-corrected chi connectivity index (χ0v) is 15.9. The third kappa shape index (κ3) is 3.80. The van der Waals surface area contributed by atoms with Crippen LogP contribution in [0, 0.1) is 19.7 Å². The first kappa shape index (κ1) is 20.1. The number of aryl methyl sites for hydroxylation is 2. The van der Waals surface area contributed by atoms with Crippen LogP contribution in [0.1, 0.15) is 16.9 Å². The van der Waals surface area contributed by atoms with Gasteiger partial charge in [0, 0.05) is 11.8 Å². The molecular weight excluding hydrogens is 398 g/mol. The van der Waals surface area contributed by atoms with Gasteiger partial charge < -0.3 is 4.52 Å². The van der Waals surface area contributed by atoms with E-state index in [1.54, 1.807) is 26.0 Å². The molecule has 0 fully saturated rings. The fourth-order valence-corrected chi connectivity index (χ4v) is 3.75. The maximum absolute atomic E-state index is 14.3.